The van der Waals surface area contributed by atoms with Crippen molar-refractivity contribution in [2.24, 2.45) is 0 Å². The van der Waals surface area contributed by atoms with Gasteiger partial charge in [0.1, 0.15) is 31.8 Å². The Morgan fingerprint density at radius 3 is 0.361 bits per heavy atom. The fourth-order valence-corrected chi connectivity index (χ4v) is 23.5. The van der Waals surface area contributed by atoms with Crippen molar-refractivity contribution in [2.75, 3.05) is 0 Å². The fraction of sp³-hybridized carbons (Fsp3) is 0.167. The van der Waals surface area contributed by atoms with E-state index in [9.17, 15) is 0 Å². The molecule has 6 aromatic carbocycles. The smallest absolute Gasteiger partial charge is 0 e. The zero-order chi connectivity index (χ0) is 59.1. The Hall–Kier alpha value is -3.10. The zero-order valence-electron chi connectivity index (χ0n) is 50.2. The van der Waals surface area contributed by atoms with Gasteiger partial charge in [0.2, 0.25) is 0 Å². The molecule has 0 bridgehead atoms. The second-order valence-corrected chi connectivity index (χ2v) is 42.7. The Labute approximate surface area is 537 Å². The topological polar surface area (TPSA) is 0 Å². The first-order chi connectivity index (χ1) is 39.4. The first kappa shape index (κ1) is 70.7. The fourth-order valence-electron chi connectivity index (χ4n) is 9.20. The van der Waals surface area contributed by atoms with Gasteiger partial charge in [-0.05, 0) is 223 Å². The maximum absolute atomic E-state index is 4.39. The molecule has 6 aliphatic heterocycles. The molecule has 11 heteroatoms. The summed E-state index contributed by atoms with van der Waals surface area (Å²) in [5, 5.41) is 8.94. The molecule has 0 saturated carbocycles. The molecule has 0 N–H and O–H groups in total. The molecular weight excluding hydrogens is 1360 g/mol. The Kier molecular flexibility index (Phi) is 31.4. The number of hydrogen-bond donors (Lipinski definition) is 0. The van der Waals surface area contributed by atoms with Crippen molar-refractivity contribution in [1.29, 1.82) is 0 Å². The molecule has 433 valence electrons. The minimum atomic E-state index is -1.42. The molecule has 0 spiro atoms. The van der Waals surface area contributed by atoms with E-state index in [0.29, 0.717) is 0 Å². The summed E-state index contributed by atoms with van der Waals surface area (Å²) in [6, 6.07) is 64.7. The van der Waals surface area contributed by atoms with E-state index in [-0.39, 0.29) is 19.5 Å². The molecule has 0 aliphatic carbocycles. The van der Waals surface area contributed by atoms with Crippen molar-refractivity contribution in [3.05, 3.63) is 319 Å². The number of hydrogen-bond acceptors (Lipinski definition) is 0. The van der Waals surface area contributed by atoms with E-state index in [1.54, 1.807) is 0 Å². The van der Waals surface area contributed by atoms with E-state index < -0.39 is 60.5 Å². The van der Waals surface area contributed by atoms with Crippen molar-refractivity contribution < 1.29 is 61.5 Å². The van der Waals surface area contributed by atoms with Crippen LogP contribution in [0.15, 0.2) is 319 Å². The SMILES string of the molecule is CC1=C[PH+](c2ccccc2)C=C1C.CC1=C[PH+](c2ccccc2)C=C1C.CC1=C[PH+](c2ccccc2)C=C1C.CC1=C[PH+](c2ccccc2)C=C1C.CC1=C[PH+](c2ccccc2)C=C1C.CC1=C[PH+](c2ccccc2)C=C1C.[ClH+][Ru]([ClH+])[ClH+].[Ru]. The summed E-state index contributed by atoms with van der Waals surface area (Å²) in [6.07, 6.45) is 0. The molecule has 83 heavy (non-hydrogen) atoms. The molecule has 0 radical (unpaired) electrons. The summed E-state index contributed by atoms with van der Waals surface area (Å²) in [5.41, 5.74) is 17.5. The summed E-state index contributed by atoms with van der Waals surface area (Å²) in [6.45, 7) is 26.4. The average molecular weight is 1450 g/mol. The van der Waals surface area contributed by atoms with Crippen LogP contribution in [-0.4, -0.2) is 0 Å². The molecule has 0 amide bonds. The van der Waals surface area contributed by atoms with Gasteiger partial charge in [-0.1, -0.05) is 109 Å². The standard InChI is InChI=1S/6C12H13P.3ClH.2Ru/c6*1-10-8-13(9-11(10)2)12-6-4-3-5-7-12;;;;;/h6*3-9H,1-2H3;3*1H;;/q;;;;;;;;;;+3/p+6. The second-order valence-electron chi connectivity index (χ2n) is 21.0. The van der Waals surface area contributed by atoms with Crippen LogP contribution in [0.25, 0.3) is 0 Å². The minimum Gasteiger partial charge on any atom is 0 e. The predicted octanol–water partition coefficient (Wildman–Crippen LogP) is 19.3. The van der Waals surface area contributed by atoms with Crippen molar-refractivity contribution in [2.45, 2.75) is 83.1 Å². The molecule has 6 heterocycles. The largest absolute Gasteiger partial charge is 0 e. The number of halogens is 3. The Balaban J connectivity index is 0.000000180. The quantitative estimate of drug-likeness (QED) is 0.115. The van der Waals surface area contributed by atoms with Crippen LogP contribution in [0.3, 0.4) is 0 Å². The summed E-state index contributed by atoms with van der Waals surface area (Å²) in [5.74, 6) is 29.1. The summed E-state index contributed by atoms with van der Waals surface area (Å²) in [7, 11) is 10.1. The van der Waals surface area contributed by atoms with Gasteiger partial charge in [0.05, 0.1) is 117 Å². The summed E-state index contributed by atoms with van der Waals surface area (Å²) in [4.78, 5) is 0. The van der Waals surface area contributed by atoms with E-state index in [4.69, 9.17) is 0 Å². The molecule has 0 aromatic heterocycles. The van der Waals surface area contributed by atoms with Crippen molar-refractivity contribution in [1.82, 2.24) is 0 Å². The minimum absolute atomic E-state index is 0. The van der Waals surface area contributed by atoms with Crippen LogP contribution in [-0.2, 0) is 32.5 Å². The predicted molar refractivity (Wildman–Crippen MR) is 376 cm³/mol. The van der Waals surface area contributed by atoms with Crippen LogP contribution < -0.4 is 31.8 Å². The van der Waals surface area contributed by atoms with E-state index in [1.807, 2.05) is 0 Å². The molecule has 0 fully saturated rings. The van der Waals surface area contributed by atoms with Gasteiger partial charge < -0.3 is 0 Å². The number of rotatable bonds is 6. The van der Waals surface area contributed by atoms with E-state index in [1.165, 1.54) is 98.7 Å². The first-order valence-electron chi connectivity index (χ1n) is 27.8. The van der Waals surface area contributed by atoms with E-state index >= 15 is 0 Å². The molecule has 6 aliphatic rings. The van der Waals surface area contributed by atoms with Crippen LogP contribution in [0.2, 0.25) is 0 Å². The van der Waals surface area contributed by atoms with Crippen LogP contribution >= 0.6 is 47.5 Å². The molecule has 0 nitrogen and oxygen atoms in total. The molecule has 6 aromatic rings. The summed E-state index contributed by atoms with van der Waals surface area (Å²) >= 11 is -1.42. The monoisotopic (exact) mass is 1450 g/mol. The van der Waals surface area contributed by atoms with Crippen molar-refractivity contribution >= 4 is 79.4 Å². The average Bonchev–Trinajstić information content (AvgIpc) is 4.37. The maximum Gasteiger partial charge on any atom is 0 e. The number of benzene rings is 6. The third-order valence-electron chi connectivity index (χ3n) is 14.8. The van der Waals surface area contributed by atoms with Crippen LogP contribution in [0.5, 0.6) is 0 Å². The Bertz CT molecular complexity index is 2720. The van der Waals surface area contributed by atoms with Gasteiger partial charge >= 0.3 is 42.1 Å². The molecular formula is C72H87Cl3P6Ru2+9. The first-order valence-corrected chi connectivity index (χ1v) is 45.0. The van der Waals surface area contributed by atoms with Crippen LogP contribution in [0, 0.1) is 29.1 Å². The third-order valence-corrected chi connectivity index (χ3v) is 29.8. The van der Waals surface area contributed by atoms with Gasteiger partial charge in [-0.2, -0.15) is 0 Å². The van der Waals surface area contributed by atoms with E-state index in [2.05, 4.69) is 364 Å². The summed E-state index contributed by atoms with van der Waals surface area (Å²) < 4.78 is 0. The van der Waals surface area contributed by atoms with E-state index in [0.717, 1.165) is 0 Å². The van der Waals surface area contributed by atoms with Crippen LogP contribution in [0.1, 0.15) is 83.1 Å². The normalized spacial score (nSPS) is 16.6. The van der Waals surface area contributed by atoms with Gasteiger partial charge in [0.15, 0.2) is 0 Å². The Morgan fingerprint density at radius 1 is 0.193 bits per heavy atom. The van der Waals surface area contributed by atoms with Crippen molar-refractivity contribution in [3.63, 3.8) is 0 Å². The molecule has 0 saturated heterocycles. The molecule has 0 unspecified atom stereocenters. The Morgan fingerprint density at radius 2 is 0.277 bits per heavy atom. The van der Waals surface area contributed by atoms with Gasteiger partial charge in [0, 0.05) is 19.5 Å². The van der Waals surface area contributed by atoms with Gasteiger partial charge in [-0.25, -0.2) is 0 Å². The number of allylic oxidation sites excluding steroid dienone is 12. The molecule has 12 rings (SSSR count). The maximum atomic E-state index is 4.39. The van der Waals surface area contributed by atoms with Gasteiger partial charge in [0.25, 0.3) is 0 Å². The van der Waals surface area contributed by atoms with Crippen LogP contribution in [0.4, 0.5) is 0 Å². The van der Waals surface area contributed by atoms with Gasteiger partial charge in [-0.15, -0.1) is 0 Å². The van der Waals surface area contributed by atoms with Crippen molar-refractivity contribution in [3.8, 4) is 0 Å². The van der Waals surface area contributed by atoms with Gasteiger partial charge in [-0.3, -0.25) is 0 Å². The zero-order valence-corrected chi connectivity index (χ0v) is 62.1. The second kappa shape index (κ2) is 36.9. The third kappa shape index (κ3) is 23.5. The molecule has 0 atom stereocenters.